The molecule has 3 N–H and O–H groups in total. The Kier molecular flexibility index (Phi) is 5.88. The van der Waals surface area contributed by atoms with E-state index >= 15 is 0 Å². The molecule has 1 aliphatic rings. The molecule has 0 bridgehead atoms. The molecule has 1 fully saturated rings. The standard InChI is InChI=1S/C24H26N4O3S/c1-24(2,3)19-13-18(22(30)28-11-10-25-20(29)14-28)21(32-19)27-23(31)26-17-9-8-15-6-4-5-7-16(15)12-17/h4-9,12-13H,10-11,14H2,1-3H3,(H,25,29)(H2,26,27,31). The van der Waals surface area contributed by atoms with Crippen LogP contribution in [0, 0.1) is 0 Å². The molecule has 3 aromatic rings. The summed E-state index contributed by atoms with van der Waals surface area (Å²) >= 11 is 1.38. The molecule has 7 nitrogen and oxygen atoms in total. The number of hydrogen-bond donors (Lipinski definition) is 3. The number of fused-ring (bicyclic) bond motifs is 1. The number of thiophene rings is 1. The van der Waals surface area contributed by atoms with Crippen LogP contribution < -0.4 is 16.0 Å². The van der Waals surface area contributed by atoms with Crippen LogP contribution in [0.2, 0.25) is 0 Å². The van der Waals surface area contributed by atoms with Gasteiger partial charge in [-0.15, -0.1) is 11.3 Å². The van der Waals surface area contributed by atoms with Crippen LogP contribution in [0.3, 0.4) is 0 Å². The molecule has 2 aromatic carbocycles. The Balaban J connectivity index is 1.57. The zero-order valence-electron chi connectivity index (χ0n) is 18.3. The van der Waals surface area contributed by atoms with Crippen molar-refractivity contribution >= 4 is 50.6 Å². The molecule has 0 saturated carbocycles. The van der Waals surface area contributed by atoms with Gasteiger partial charge in [0.25, 0.3) is 5.91 Å². The monoisotopic (exact) mass is 450 g/mol. The van der Waals surface area contributed by atoms with Gasteiger partial charge in [0.2, 0.25) is 5.91 Å². The molecular weight excluding hydrogens is 424 g/mol. The Labute approximate surface area is 190 Å². The Morgan fingerprint density at radius 2 is 1.78 bits per heavy atom. The summed E-state index contributed by atoms with van der Waals surface area (Å²) in [5.74, 6) is -0.438. The topological polar surface area (TPSA) is 90.5 Å². The number of urea groups is 1. The van der Waals surface area contributed by atoms with Crippen molar-refractivity contribution < 1.29 is 14.4 Å². The molecule has 0 radical (unpaired) electrons. The predicted molar refractivity (Wildman–Crippen MR) is 129 cm³/mol. The van der Waals surface area contributed by atoms with E-state index in [1.165, 1.54) is 16.2 Å². The second kappa shape index (κ2) is 8.63. The van der Waals surface area contributed by atoms with Crippen molar-refractivity contribution in [2.45, 2.75) is 26.2 Å². The number of nitrogens with zero attached hydrogens (tertiary/aromatic N) is 1. The summed E-state index contributed by atoms with van der Waals surface area (Å²) in [6, 6.07) is 15.0. The van der Waals surface area contributed by atoms with E-state index in [0.717, 1.165) is 15.6 Å². The third-order valence-electron chi connectivity index (χ3n) is 5.26. The van der Waals surface area contributed by atoms with E-state index in [2.05, 4.69) is 36.7 Å². The average molecular weight is 451 g/mol. The molecule has 166 valence electrons. The number of carbonyl (C=O) groups excluding carboxylic acids is 3. The van der Waals surface area contributed by atoms with E-state index in [1.807, 2.05) is 48.5 Å². The number of rotatable bonds is 3. The molecule has 0 spiro atoms. The maximum atomic E-state index is 13.2. The van der Waals surface area contributed by atoms with Crippen molar-refractivity contribution in [3.63, 3.8) is 0 Å². The Bertz CT molecular complexity index is 1200. The zero-order valence-corrected chi connectivity index (χ0v) is 19.1. The van der Waals surface area contributed by atoms with Gasteiger partial charge in [-0.05, 0) is 34.4 Å². The highest BCUT2D eigenvalue weighted by molar-refractivity contribution is 7.16. The first-order valence-corrected chi connectivity index (χ1v) is 11.3. The molecule has 0 aliphatic carbocycles. The van der Waals surface area contributed by atoms with E-state index in [0.29, 0.717) is 29.3 Å². The molecule has 32 heavy (non-hydrogen) atoms. The van der Waals surface area contributed by atoms with E-state index in [-0.39, 0.29) is 23.8 Å². The predicted octanol–water partition coefficient (Wildman–Crippen LogP) is 4.41. The summed E-state index contributed by atoms with van der Waals surface area (Å²) in [5.41, 5.74) is 0.880. The molecular formula is C24H26N4O3S. The smallest absolute Gasteiger partial charge is 0.324 e. The lowest BCUT2D eigenvalue weighted by Gasteiger charge is -2.26. The summed E-state index contributed by atoms with van der Waals surface area (Å²) in [7, 11) is 0. The van der Waals surface area contributed by atoms with Crippen LogP contribution in [0.1, 0.15) is 36.0 Å². The molecule has 0 unspecified atom stereocenters. The van der Waals surface area contributed by atoms with Gasteiger partial charge in [-0.25, -0.2) is 4.79 Å². The molecule has 4 rings (SSSR count). The number of anilines is 2. The SMILES string of the molecule is CC(C)(C)c1cc(C(=O)N2CCNC(=O)C2)c(NC(=O)Nc2ccc3ccccc3c2)s1. The van der Waals surface area contributed by atoms with Gasteiger partial charge in [0.15, 0.2) is 0 Å². The second-order valence-corrected chi connectivity index (χ2v) is 9.87. The van der Waals surface area contributed by atoms with E-state index in [9.17, 15) is 14.4 Å². The van der Waals surface area contributed by atoms with E-state index < -0.39 is 6.03 Å². The Morgan fingerprint density at radius 3 is 2.50 bits per heavy atom. The Morgan fingerprint density at radius 1 is 1.03 bits per heavy atom. The quantitative estimate of drug-likeness (QED) is 0.552. The van der Waals surface area contributed by atoms with Gasteiger partial charge < -0.3 is 15.5 Å². The third kappa shape index (κ3) is 4.75. The van der Waals surface area contributed by atoms with Crippen LogP contribution in [-0.4, -0.2) is 42.4 Å². The highest BCUT2D eigenvalue weighted by Gasteiger charge is 2.29. The van der Waals surface area contributed by atoms with Gasteiger partial charge in [-0.2, -0.15) is 0 Å². The first kappa shape index (κ1) is 21.8. The van der Waals surface area contributed by atoms with Gasteiger partial charge in [0.1, 0.15) is 5.00 Å². The van der Waals surface area contributed by atoms with E-state index in [1.54, 1.807) is 0 Å². The van der Waals surface area contributed by atoms with Crippen molar-refractivity contribution in [1.82, 2.24) is 10.2 Å². The lowest BCUT2D eigenvalue weighted by Crippen LogP contribution is -2.50. The van der Waals surface area contributed by atoms with Crippen LogP contribution in [0.5, 0.6) is 0 Å². The van der Waals surface area contributed by atoms with Crippen molar-refractivity contribution in [2.75, 3.05) is 30.3 Å². The molecule has 0 atom stereocenters. The normalized spacial score (nSPS) is 14.2. The fraction of sp³-hybridized carbons (Fsp3) is 0.292. The number of carbonyl (C=O) groups is 3. The average Bonchev–Trinajstić information content (AvgIpc) is 3.17. The summed E-state index contributed by atoms with van der Waals surface area (Å²) < 4.78 is 0. The summed E-state index contributed by atoms with van der Waals surface area (Å²) in [6.07, 6.45) is 0. The Hall–Kier alpha value is -3.39. The molecule has 8 heteroatoms. The van der Waals surface area contributed by atoms with Crippen LogP contribution in [-0.2, 0) is 10.2 Å². The molecule has 1 aliphatic heterocycles. The van der Waals surface area contributed by atoms with Crippen LogP contribution in [0.4, 0.5) is 15.5 Å². The van der Waals surface area contributed by atoms with Crippen LogP contribution in [0.25, 0.3) is 10.8 Å². The zero-order chi connectivity index (χ0) is 22.9. The molecule has 1 saturated heterocycles. The largest absolute Gasteiger partial charge is 0.353 e. The van der Waals surface area contributed by atoms with Gasteiger partial charge >= 0.3 is 6.03 Å². The number of piperazine rings is 1. The highest BCUT2D eigenvalue weighted by Crippen LogP contribution is 2.37. The first-order chi connectivity index (χ1) is 15.2. The summed E-state index contributed by atoms with van der Waals surface area (Å²) in [4.78, 5) is 40.2. The highest BCUT2D eigenvalue weighted by atomic mass is 32.1. The van der Waals surface area contributed by atoms with Crippen LogP contribution >= 0.6 is 11.3 Å². The van der Waals surface area contributed by atoms with Gasteiger partial charge in [-0.1, -0.05) is 51.1 Å². The van der Waals surface area contributed by atoms with Crippen molar-refractivity contribution in [3.05, 3.63) is 59.0 Å². The minimum Gasteiger partial charge on any atom is -0.353 e. The fourth-order valence-corrected chi connectivity index (χ4v) is 4.63. The molecule has 1 aromatic heterocycles. The summed E-state index contributed by atoms with van der Waals surface area (Å²) in [5, 5.41) is 11.0. The van der Waals surface area contributed by atoms with E-state index in [4.69, 9.17) is 0 Å². The van der Waals surface area contributed by atoms with Crippen molar-refractivity contribution in [3.8, 4) is 0 Å². The minimum atomic E-state index is -0.423. The van der Waals surface area contributed by atoms with Gasteiger partial charge in [0, 0.05) is 23.7 Å². The lowest BCUT2D eigenvalue weighted by atomic mass is 9.94. The lowest BCUT2D eigenvalue weighted by molar-refractivity contribution is -0.123. The number of nitrogens with one attached hydrogen (secondary N) is 3. The van der Waals surface area contributed by atoms with Crippen LogP contribution in [0.15, 0.2) is 48.5 Å². The van der Waals surface area contributed by atoms with Crippen molar-refractivity contribution in [2.24, 2.45) is 0 Å². The maximum Gasteiger partial charge on any atom is 0.324 e. The summed E-state index contributed by atoms with van der Waals surface area (Å²) in [6.45, 7) is 7.05. The first-order valence-electron chi connectivity index (χ1n) is 10.5. The number of amides is 4. The number of hydrogen-bond acceptors (Lipinski definition) is 4. The number of benzene rings is 2. The van der Waals surface area contributed by atoms with Gasteiger partial charge in [-0.3, -0.25) is 14.9 Å². The maximum absolute atomic E-state index is 13.2. The molecule has 4 amide bonds. The fourth-order valence-electron chi connectivity index (χ4n) is 3.53. The third-order valence-corrected chi connectivity index (χ3v) is 6.74. The second-order valence-electron chi connectivity index (χ2n) is 8.82. The van der Waals surface area contributed by atoms with Crippen molar-refractivity contribution in [1.29, 1.82) is 0 Å². The van der Waals surface area contributed by atoms with Gasteiger partial charge in [0.05, 0.1) is 12.1 Å². The minimum absolute atomic E-state index is 0.0161. The molecule has 2 heterocycles.